The Kier molecular flexibility index (Phi) is 5.03. The average molecular weight is 416 g/mol. The molecular formula is C23H21N5OS. The fourth-order valence-corrected chi connectivity index (χ4v) is 4.30. The molecule has 4 aromatic heterocycles. The molecule has 0 aromatic carbocycles. The predicted octanol–water partition coefficient (Wildman–Crippen LogP) is 4.09. The lowest BCUT2D eigenvalue weighted by Gasteiger charge is -2.28. The van der Waals surface area contributed by atoms with Gasteiger partial charge in [-0.05, 0) is 60.2 Å². The highest BCUT2D eigenvalue weighted by molar-refractivity contribution is 7.80. The first-order valence-electron chi connectivity index (χ1n) is 9.84. The molecule has 1 aliphatic rings. The number of nitrogens with one attached hydrogen (secondary N) is 1. The third-order valence-electron chi connectivity index (χ3n) is 5.35. The Hall–Kier alpha value is -3.45. The number of pyridine rings is 2. The van der Waals surface area contributed by atoms with Crippen molar-refractivity contribution in [3.05, 3.63) is 108 Å². The molecule has 2 atom stereocenters. The van der Waals surface area contributed by atoms with Gasteiger partial charge in [0.05, 0.1) is 30.6 Å². The van der Waals surface area contributed by atoms with E-state index in [0.29, 0.717) is 18.2 Å². The molecule has 0 bridgehead atoms. The van der Waals surface area contributed by atoms with Crippen LogP contribution in [0.15, 0.2) is 90.1 Å². The highest BCUT2D eigenvalue weighted by Gasteiger charge is 2.41. The fourth-order valence-electron chi connectivity index (χ4n) is 4.00. The molecule has 0 aliphatic carbocycles. The van der Waals surface area contributed by atoms with Crippen molar-refractivity contribution in [3.63, 3.8) is 0 Å². The topological polar surface area (TPSA) is 59.1 Å². The SMILES string of the molecule is S=C1N[C@@H](c2ccccn2)[C@H](c2cccn2Cc2ccco2)N1Cc1cccnc1. The molecule has 0 spiro atoms. The molecule has 6 nitrogen and oxygen atoms in total. The molecule has 1 saturated heterocycles. The van der Waals surface area contributed by atoms with Crippen LogP contribution in [-0.2, 0) is 13.1 Å². The van der Waals surface area contributed by atoms with Crippen LogP contribution in [0, 0.1) is 0 Å². The van der Waals surface area contributed by atoms with Crippen LogP contribution in [0.5, 0.6) is 0 Å². The van der Waals surface area contributed by atoms with E-state index in [0.717, 1.165) is 22.7 Å². The summed E-state index contributed by atoms with van der Waals surface area (Å²) >= 11 is 5.77. The molecule has 0 unspecified atom stereocenters. The maximum atomic E-state index is 5.77. The Morgan fingerprint density at radius 2 is 1.97 bits per heavy atom. The minimum Gasteiger partial charge on any atom is -0.467 e. The molecule has 4 aromatic rings. The second-order valence-electron chi connectivity index (χ2n) is 7.26. The molecule has 0 radical (unpaired) electrons. The van der Waals surface area contributed by atoms with Gasteiger partial charge in [0.2, 0.25) is 0 Å². The van der Waals surface area contributed by atoms with Crippen molar-refractivity contribution in [2.75, 3.05) is 0 Å². The number of hydrogen-bond acceptors (Lipinski definition) is 4. The summed E-state index contributed by atoms with van der Waals surface area (Å²) in [7, 11) is 0. The molecule has 1 aliphatic heterocycles. The summed E-state index contributed by atoms with van der Waals surface area (Å²) in [5.74, 6) is 0.911. The van der Waals surface area contributed by atoms with Gasteiger partial charge in [0, 0.05) is 37.0 Å². The van der Waals surface area contributed by atoms with Crippen molar-refractivity contribution in [3.8, 4) is 0 Å². The Morgan fingerprint density at radius 1 is 1.00 bits per heavy atom. The first kappa shape index (κ1) is 18.6. The van der Waals surface area contributed by atoms with E-state index in [4.69, 9.17) is 16.6 Å². The molecule has 7 heteroatoms. The van der Waals surface area contributed by atoms with E-state index in [9.17, 15) is 0 Å². The summed E-state index contributed by atoms with van der Waals surface area (Å²) in [6.45, 7) is 1.33. The standard InChI is InChI=1S/C23H21N5OS/c30-23-26-21(19-8-1-2-11-25-19)22(28(23)15-17-6-3-10-24-14-17)20-9-4-12-27(20)16-18-7-5-13-29-18/h1-14,21-22H,15-16H2,(H,26,30)/t21-,22-/m0/s1. The number of nitrogens with zero attached hydrogens (tertiary/aromatic N) is 4. The molecule has 0 saturated carbocycles. The maximum absolute atomic E-state index is 5.77. The van der Waals surface area contributed by atoms with E-state index >= 15 is 0 Å². The number of furan rings is 1. The molecule has 30 heavy (non-hydrogen) atoms. The number of thiocarbonyl (C=S) groups is 1. The van der Waals surface area contributed by atoms with Gasteiger partial charge in [-0.2, -0.15) is 0 Å². The largest absolute Gasteiger partial charge is 0.467 e. The third kappa shape index (κ3) is 3.59. The summed E-state index contributed by atoms with van der Waals surface area (Å²) < 4.78 is 7.80. The smallest absolute Gasteiger partial charge is 0.170 e. The average Bonchev–Trinajstić information content (AvgIpc) is 3.52. The minimum atomic E-state index is -0.0550. The summed E-state index contributed by atoms with van der Waals surface area (Å²) in [5.41, 5.74) is 3.22. The highest BCUT2D eigenvalue weighted by atomic mass is 32.1. The zero-order valence-electron chi connectivity index (χ0n) is 16.3. The Morgan fingerprint density at radius 3 is 2.73 bits per heavy atom. The van der Waals surface area contributed by atoms with Crippen LogP contribution in [-0.4, -0.2) is 24.5 Å². The van der Waals surface area contributed by atoms with Crippen molar-refractivity contribution in [1.29, 1.82) is 0 Å². The van der Waals surface area contributed by atoms with Gasteiger partial charge in [-0.25, -0.2) is 0 Å². The Bertz CT molecular complexity index is 1110. The van der Waals surface area contributed by atoms with Crippen LogP contribution in [0.25, 0.3) is 0 Å². The molecule has 150 valence electrons. The third-order valence-corrected chi connectivity index (χ3v) is 5.70. The van der Waals surface area contributed by atoms with Crippen molar-refractivity contribution >= 4 is 17.3 Å². The van der Waals surface area contributed by atoms with Crippen LogP contribution in [0.4, 0.5) is 0 Å². The molecule has 1 N–H and O–H groups in total. The first-order valence-corrected chi connectivity index (χ1v) is 10.2. The highest BCUT2D eigenvalue weighted by Crippen LogP contribution is 2.39. The molecule has 5 heterocycles. The van der Waals surface area contributed by atoms with Crippen molar-refractivity contribution in [2.24, 2.45) is 0 Å². The summed E-state index contributed by atoms with van der Waals surface area (Å²) in [6.07, 6.45) is 9.28. The van der Waals surface area contributed by atoms with E-state index in [1.807, 2.05) is 48.8 Å². The summed E-state index contributed by atoms with van der Waals surface area (Å²) in [6, 6.07) is 18.1. The van der Waals surface area contributed by atoms with Crippen molar-refractivity contribution in [1.82, 2.24) is 24.8 Å². The molecule has 0 amide bonds. The van der Waals surface area contributed by atoms with Crippen LogP contribution >= 0.6 is 12.2 Å². The van der Waals surface area contributed by atoms with E-state index in [1.165, 1.54) is 0 Å². The van der Waals surface area contributed by atoms with E-state index in [2.05, 4.69) is 49.1 Å². The van der Waals surface area contributed by atoms with Gasteiger partial charge in [0.15, 0.2) is 5.11 Å². The van der Waals surface area contributed by atoms with Gasteiger partial charge in [0.1, 0.15) is 5.76 Å². The van der Waals surface area contributed by atoms with Gasteiger partial charge in [-0.1, -0.05) is 12.1 Å². The molecule has 1 fully saturated rings. The van der Waals surface area contributed by atoms with Crippen LogP contribution < -0.4 is 5.32 Å². The predicted molar refractivity (Wildman–Crippen MR) is 117 cm³/mol. The zero-order valence-corrected chi connectivity index (χ0v) is 17.1. The molecular weight excluding hydrogens is 394 g/mol. The fraction of sp³-hybridized carbons (Fsp3) is 0.174. The lowest BCUT2D eigenvalue weighted by Crippen LogP contribution is -2.30. The van der Waals surface area contributed by atoms with Gasteiger partial charge in [-0.15, -0.1) is 0 Å². The summed E-state index contributed by atoms with van der Waals surface area (Å²) in [5, 5.41) is 4.22. The maximum Gasteiger partial charge on any atom is 0.170 e. The zero-order chi connectivity index (χ0) is 20.3. The monoisotopic (exact) mass is 415 g/mol. The van der Waals surface area contributed by atoms with Crippen molar-refractivity contribution in [2.45, 2.75) is 25.2 Å². The van der Waals surface area contributed by atoms with Crippen LogP contribution in [0.2, 0.25) is 0 Å². The summed E-state index contributed by atoms with van der Waals surface area (Å²) in [4.78, 5) is 11.1. The van der Waals surface area contributed by atoms with Gasteiger partial charge < -0.3 is 19.2 Å². The quantitative estimate of drug-likeness (QED) is 0.479. The first-order chi connectivity index (χ1) is 14.8. The van der Waals surface area contributed by atoms with E-state index in [1.54, 1.807) is 12.5 Å². The van der Waals surface area contributed by atoms with E-state index < -0.39 is 0 Å². The Balaban J connectivity index is 1.54. The second-order valence-corrected chi connectivity index (χ2v) is 7.64. The number of hydrogen-bond donors (Lipinski definition) is 1. The minimum absolute atomic E-state index is 0.0161. The van der Waals surface area contributed by atoms with Gasteiger partial charge >= 0.3 is 0 Å². The normalized spacial score (nSPS) is 18.5. The number of aromatic nitrogens is 3. The van der Waals surface area contributed by atoms with E-state index in [-0.39, 0.29) is 12.1 Å². The lowest BCUT2D eigenvalue weighted by molar-refractivity contribution is 0.296. The van der Waals surface area contributed by atoms with Crippen LogP contribution in [0.3, 0.4) is 0 Å². The molecule has 5 rings (SSSR count). The number of rotatable bonds is 6. The van der Waals surface area contributed by atoms with Gasteiger partial charge in [-0.3, -0.25) is 9.97 Å². The second kappa shape index (κ2) is 8.12. The lowest BCUT2D eigenvalue weighted by atomic mass is 10.0. The van der Waals surface area contributed by atoms with Gasteiger partial charge in [0.25, 0.3) is 0 Å². The van der Waals surface area contributed by atoms with Crippen molar-refractivity contribution < 1.29 is 4.42 Å². The van der Waals surface area contributed by atoms with Crippen LogP contribution in [0.1, 0.15) is 34.8 Å². The Labute approximate surface area is 180 Å².